The zero-order valence-electron chi connectivity index (χ0n) is 26.4. The van der Waals surface area contributed by atoms with Crippen molar-refractivity contribution in [2.75, 3.05) is 41.4 Å². The number of ether oxygens (including phenoxy) is 3. The van der Waals surface area contributed by atoms with Crippen molar-refractivity contribution in [2.45, 2.75) is 52.6 Å². The van der Waals surface area contributed by atoms with E-state index >= 15 is 0 Å². The van der Waals surface area contributed by atoms with E-state index in [1.807, 2.05) is 40.7 Å². The summed E-state index contributed by atoms with van der Waals surface area (Å²) >= 11 is 0. The summed E-state index contributed by atoms with van der Waals surface area (Å²) in [4.78, 5) is 40.7. The fraction of sp³-hybridized carbons (Fsp3) is 0.438. The largest absolute Gasteiger partial charge is 0.496 e. The van der Waals surface area contributed by atoms with Crippen LogP contribution in [0.15, 0.2) is 42.5 Å². The molecule has 1 aromatic heterocycles. The van der Waals surface area contributed by atoms with Crippen molar-refractivity contribution in [3.8, 4) is 28.4 Å². The first-order valence-electron chi connectivity index (χ1n) is 14.1. The average Bonchev–Trinajstić information content (AvgIpc) is 3.40. The van der Waals surface area contributed by atoms with E-state index < -0.39 is 17.7 Å². The fourth-order valence-electron chi connectivity index (χ4n) is 4.59. The molecule has 2 amide bonds. The van der Waals surface area contributed by atoms with E-state index in [-0.39, 0.29) is 17.5 Å². The molecule has 0 fully saturated rings. The van der Waals surface area contributed by atoms with Gasteiger partial charge in [-0.3, -0.25) is 4.79 Å². The Hall–Kier alpha value is -4.54. The molecule has 1 N–H and O–H groups in total. The lowest BCUT2D eigenvalue weighted by Gasteiger charge is -2.25. The highest BCUT2D eigenvalue weighted by atomic mass is 16.6. The summed E-state index contributed by atoms with van der Waals surface area (Å²) in [6.45, 7) is 10.3. The third kappa shape index (κ3) is 7.85. The number of benzene rings is 2. The van der Waals surface area contributed by atoms with Crippen molar-refractivity contribution in [1.29, 1.82) is 0 Å². The number of carboxylic acid groups (broad SMARTS) is 1. The number of methoxy groups -OCH3 is 2. The molecule has 0 unspecified atom stereocenters. The van der Waals surface area contributed by atoms with E-state index in [1.165, 1.54) is 25.2 Å². The van der Waals surface area contributed by atoms with Gasteiger partial charge in [0.05, 0.1) is 31.2 Å². The van der Waals surface area contributed by atoms with Gasteiger partial charge in [0.1, 0.15) is 17.1 Å². The standard InChI is InChI=1S/C32H42N4O7/c1-20(2)22-18-21(29(37)34(6)16-11-17-35(7)31(40)43-32(3,4)5)14-15-24(22)36-25(19-23(33-36)30(38)39)28-26(41-8)12-10-13-27(28)42-9/h10,12-15,18-20H,11,16-17H2,1-9H3,(H,38,39). The highest BCUT2D eigenvalue weighted by Gasteiger charge is 2.25. The van der Waals surface area contributed by atoms with Crippen molar-refractivity contribution in [1.82, 2.24) is 19.6 Å². The molecule has 0 saturated heterocycles. The second-order valence-corrected chi connectivity index (χ2v) is 11.6. The number of nitrogens with zero attached hydrogens (tertiary/aromatic N) is 4. The predicted octanol–water partition coefficient (Wildman–Crippen LogP) is 5.71. The summed E-state index contributed by atoms with van der Waals surface area (Å²) in [5.74, 6) is -0.388. The zero-order valence-corrected chi connectivity index (χ0v) is 26.4. The molecule has 0 aliphatic heterocycles. The van der Waals surface area contributed by atoms with Gasteiger partial charge in [-0.15, -0.1) is 0 Å². The molecule has 2 aromatic carbocycles. The number of hydrogen-bond donors (Lipinski definition) is 1. The van der Waals surface area contributed by atoms with Gasteiger partial charge in [-0.25, -0.2) is 14.3 Å². The summed E-state index contributed by atoms with van der Waals surface area (Å²) in [5, 5.41) is 14.2. The number of carbonyl (C=O) groups is 3. The van der Waals surface area contributed by atoms with Crippen LogP contribution in [-0.2, 0) is 4.74 Å². The van der Waals surface area contributed by atoms with Gasteiger partial charge in [-0.1, -0.05) is 19.9 Å². The first kappa shape index (κ1) is 33.0. The minimum Gasteiger partial charge on any atom is -0.496 e. The molecule has 0 saturated carbocycles. The van der Waals surface area contributed by atoms with Crippen LogP contribution in [0.1, 0.15) is 73.4 Å². The summed E-state index contributed by atoms with van der Waals surface area (Å²) in [5.41, 5.74) is 2.22. The van der Waals surface area contributed by atoms with E-state index in [4.69, 9.17) is 14.2 Å². The average molecular weight is 595 g/mol. The van der Waals surface area contributed by atoms with Crippen molar-refractivity contribution < 1.29 is 33.7 Å². The SMILES string of the molecule is COc1cccc(OC)c1-c1cc(C(=O)O)nn1-c1ccc(C(=O)N(C)CCCN(C)C(=O)OC(C)(C)C)cc1C(C)C. The number of carbonyl (C=O) groups excluding carboxylic acids is 2. The number of hydrogen-bond acceptors (Lipinski definition) is 7. The molecular formula is C32H42N4O7. The van der Waals surface area contributed by atoms with Crippen LogP contribution in [0.4, 0.5) is 4.79 Å². The summed E-state index contributed by atoms with van der Waals surface area (Å²) in [6, 6.07) is 12.1. The lowest BCUT2D eigenvalue weighted by molar-refractivity contribution is 0.0294. The van der Waals surface area contributed by atoms with Gasteiger partial charge in [-0.05, 0) is 75.1 Å². The molecular weight excluding hydrogens is 552 g/mol. The molecule has 0 radical (unpaired) electrons. The van der Waals surface area contributed by atoms with E-state index in [1.54, 1.807) is 54.0 Å². The normalized spacial score (nSPS) is 11.3. The number of aromatic nitrogens is 2. The van der Waals surface area contributed by atoms with Gasteiger partial charge in [-0.2, -0.15) is 5.10 Å². The lowest BCUT2D eigenvalue weighted by atomic mass is 9.97. The van der Waals surface area contributed by atoms with Gasteiger partial charge in [0.15, 0.2) is 5.69 Å². The van der Waals surface area contributed by atoms with Crippen LogP contribution in [0.3, 0.4) is 0 Å². The molecule has 11 heteroatoms. The van der Waals surface area contributed by atoms with Crippen molar-refractivity contribution in [2.24, 2.45) is 0 Å². The lowest BCUT2D eigenvalue weighted by Crippen LogP contribution is -2.36. The van der Waals surface area contributed by atoms with Crippen molar-refractivity contribution in [3.63, 3.8) is 0 Å². The maximum absolute atomic E-state index is 13.4. The highest BCUT2D eigenvalue weighted by Crippen LogP contribution is 2.40. The van der Waals surface area contributed by atoms with Gasteiger partial charge in [0.25, 0.3) is 5.91 Å². The van der Waals surface area contributed by atoms with Crippen LogP contribution in [0, 0.1) is 0 Å². The molecule has 0 atom stereocenters. The topological polar surface area (TPSA) is 123 Å². The molecule has 3 aromatic rings. The molecule has 3 rings (SSSR count). The van der Waals surface area contributed by atoms with Crippen LogP contribution >= 0.6 is 0 Å². The van der Waals surface area contributed by atoms with E-state index in [0.29, 0.717) is 53.5 Å². The Morgan fingerprint density at radius 2 is 1.56 bits per heavy atom. The first-order valence-corrected chi connectivity index (χ1v) is 14.1. The monoisotopic (exact) mass is 594 g/mol. The summed E-state index contributed by atoms with van der Waals surface area (Å²) in [6.07, 6.45) is 0.163. The third-order valence-corrected chi connectivity index (χ3v) is 6.78. The smallest absolute Gasteiger partial charge is 0.410 e. The van der Waals surface area contributed by atoms with Crippen molar-refractivity contribution in [3.05, 3.63) is 59.3 Å². The molecule has 0 bridgehead atoms. The Morgan fingerprint density at radius 3 is 2.09 bits per heavy atom. The number of rotatable bonds is 11. The van der Waals surface area contributed by atoms with Gasteiger partial charge >= 0.3 is 12.1 Å². The minimum absolute atomic E-state index is 0.0274. The van der Waals surface area contributed by atoms with Crippen LogP contribution in [-0.4, -0.2) is 89.7 Å². The Morgan fingerprint density at radius 1 is 0.953 bits per heavy atom. The first-order chi connectivity index (χ1) is 20.2. The maximum atomic E-state index is 13.4. The summed E-state index contributed by atoms with van der Waals surface area (Å²) < 4.78 is 18.1. The molecule has 1 heterocycles. The number of amides is 2. The van der Waals surface area contributed by atoms with Gasteiger partial charge in [0, 0.05) is 32.7 Å². The molecule has 11 nitrogen and oxygen atoms in total. The van der Waals surface area contributed by atoms with E-state index in [2.05, 4.69) is 5.10 Å². The number of aromatic carboxylic acids is 1. The van der Waals surface area contributed by atoms with E-state index in [0.717, 1.165) is 5.56 Å². The third-order valence-electron chi connectivity index (χ3n) is 6.78. The Labute approximate surface area is 252 Å². The quantitative estimate of drug-likeness (QED) is 0.300. The second kappa shape index (κ2) is 13.6. The van der Waals surface area contributed by atoms with Gasteiger partial charge in [0.2, 0.25) is 0 Å². The fourth-order valence-corrected chi connectivity index (χ4v) is 4.59. The highest BCUT2D eigenvalue weighted by molar-refractivity contribution is 5.95. The zero-order chi connectivity index (χ0) is 32.1. The maximum Gasteiger partial charge on any atom is 0.410 e. The van der Waals surface area contributed by atoms with Crippen LogP contribution < -0.4 is 9.47 Å². The molecule has 0 spiro atoms. The number of carboxylic acids is 1. The van der Waals surface area contributed by atoms with Crippen LogP contribution in [0.25, 0.3) is 16.9 Å². The second-order valence-electron chi connectivity index (χ2n) is 11.6. The van der Waals surface area contributed by atoms with Crippen LogP contribution in [0.5, 0.6) is 11.5 Å². The predicted molar refractivity (Wildman–Crippen MR) is 164 cm³/mol. The molecule has 0 aliphatic rings. The summed E-state index contributed by atoms with van der Waals surface area (Å²) in [7, 11) is 6.45. The van der Waals surface area contributed by atoms with E-state index in [9.17, 15) is 19.5 Å². The Bertz CT molecular complexity index is 1450. The Kier molecular flexibility index (Phi) is 10.4. The molecule has 43 heavy (non-hydrogen) atoms. The molecule has 0 aliphatic carbocycles. The Balaban J connectivity index is 1.93. The van der Waals surface area contributed by atoms with Crippen molar-refractivity contribution >= 4 is 18.0 Å². The van der Waals surface area contributed by atoms with Crippen LogP contribution in [0.2, 0.25) is 0 Å². The minimum atomic E-state index is -1.18. The van der Waals surface area contributed by atoms with Gasteiger partial charge < -0.3 is 29.1 Å². The molecule has 232 valence electrons.